The molecule has 0 radical (unpaired) electrons. The largest absolute Gasteiger partial charge is 0.481 e. The first-order valence-electron chi connectivity index (χ1n) is 9.83. The van der Waals surface area contributed by atoms with E-state index in [-0.39, 0.29) is 17.8 Å². The van der Waals surface area contributed by atoms with Gasteiger partial charge in [-0.25, -0.2) is 0 Å². The lowest BCUT2D eigenvalue weighted by Crippen LogP contribution is -2.11. The molecule has 5 rings (SSSR count). The average Bonchev–Trinajstić information content (AvgIpc) is 3.28. The molecule has 0 fully saturated rings. The van der Waals surface area contributed by atoms with Crippen LogP contribution in [0.5, 0.6) is 5.75 Å². The summed E-state index contributed by atoms with van der Waals surface area (Å²) in [6.07, 6.45) is 1.55. The van der Waals surface area contributed by atoms with Crippen molar-refractivity contribution >= 4 is 21.7 Å². The maximum Gasteiger partial charge on any atom is 0.235 e. The lowest BCUT2D eigenvalue weighted by molar-refractivity contribution is 0.297. The standard InChI is InChI=1S/C26H20O4/c1-16-13-17(2)24-21(14-16)23(27)26(25(30-24)22-11-6-12-28-22)29-15-19-9-5-8-18-7-3-4-10-20(18)19/h3-14H,15H2,1-2H3. The molecule has 0 atom stereocenters. The number of furan rings is 1. The van der Waals surface area contributed by atoms with Crippen LogP contribution in [0.3, 0.4) is 0 Å². The van der Waals surface area contributed by atoms with Crippen LogP contribution in [-0.4, -0.2) is 0 Å². The van der Waals surface area contributed by atoms with Crippen LogP contribution in [0.25, 0.3) is 33.3 Å². The Labute approximate surface area is 173 Å². The number of ether oxygens (including phenoxy) is 1. The third-order valence-electron chi connectivity index (χ3n) is 5.28. The van der Waals surface area contributed by atoms with Gasteiger partial charge < -0.3 is 13.6 Å². The predicted octanol–water partition coefficient (Wildman–Crippen LogP) is 6.40. The number of benzene rings is 3. The summed E-state index contributed by atoms with van der Waals surface area (Å²) in [5.74, 6) is 0.932. The quantitative estimate of drug-likeness (QED) is 0.353. The minimum atomic E-state index is -0.199. The van der Waals surface area contributed by atoms with E-state index < -0.39 is 0 Å². The Kier molecular flexibility index (Phi) is 4.40. The molecule has 4 heteroatoms. The number of rotatable bonds is 4. The van der Waals surface area contributed by atoms with Crippen LogP contribution in [0.4, 0.5) is 0 Å². The summed E-state index contributed by atoms with van der Waals surface area (Å²) in [6, 6.07) is 21.5. The lowest BCUT2D eigenvalue weighted by Gasteiger charge is -2.13. The van der Waals surface area contributed by atoms with Gasteiger partial charge in [-0.15, -0.1) is 0 Å². The second kappa shape index (κ2) is 7.23. The molecule has 0 aliphatic heterocycles. The van der Waals surface area contributed by atoms with Gasteiger partial charge in [-0.3, -0.25) is 4.79 Å². The molecule has 0 aliphatic carbocycles. The van der Waals surface area contributed by atoms with Crippen molar-refractivity contribution in [3.05, 3.63) is 99.9 Å². The van der Waals surface area contributed by atoms with Crippen LogP contribution in [-0.2, 0) is 6.61 Å². The Morgan fingerprint density at radius 1 is 0.900 bits per heavy atom. The normalized spacial score (nSPS) is 11.3. The van der Waals surface area contributed by atoms with Gasteiger partial charge in [-0.1, -0.05) is 48.5 Å². The SMILES string of the molecule is Cc1cc(C)c2oc(-c3ccco3)c(OCc3cccc4ccccc34)c(=O)c2c1. The van der Waals surface area contributed by atoms with Crippen molar-refractivity contribution in [3.8, 4) is 17.3 Å². The molecule has 148 valence electrons. The van der Waals surface area contributed by atoms with E-state index in [4.69, 9.17) is 13.6 Å². The molecule has 2 heterocycles. The molecule has 0 aliphatic rings. The summed E-state index contributed by atoms with van der Waals surface area (Å²) in [7, 11) is 0. The number of hydrogen-bond acceptors (Lipinski definition) is 4. The Bertz CT molecular complexity index is 1420. The second-order valence-corrected chi connectivity index (χ2v) is 7.45. The summed E-state index contributed by atoms with van der Waals surface area (Å²) >= 11 is 0. The molecule has 4 nitrogen and oxygen atoms in total. The van der Waals surface area contributed by atoms with Crippen LogP contribution in [0.15, 0.2) is 86.6 Å². The van der Waals surface area contributed by atoms with Crippen molar-refractivity contribution in [1.82, 2.24) is 0 Å². The molecular weight excluding hydrogens is 376 g/mol. The van der Waals surface area contributed by atoms with E-state index in [2.05, 4.69) is 18.2 Å². The fourth-order valence-electron chi connectivity index (χ4n) is 3.90. The van der Waals surface area contributed by atoms with Gasteiger partial charge >= 0.3 is 0 Å². The van der Waals surface area contributed by atoms with Crippen LogP contribution < -0.4 is 10.2 Å². The molecule has 0 bridgehead atoms. The van der Waals surface area contributed by atoms with Crippen LogP contribution in [0.2, 0.25) is 0 Å². The van der Waals surface area contributed by atoms with Crippen molar-refractivity contribution in [1.29, 1.82) is 0 Å². The highest BCUT2D eigenvalue weighted by Crippen LogP contribution is 2.33. The molecule has 0 unspecified atom stereocenters. The van der Waals surface area contributed by atoms with Gasteiger partial charge in [0.05, 0.1) is 11.6 Å². The highest BCUT2D eigenvalue weighted by molar-refractivity contribution is 5.86. The van der Waals surface area contributed by atoms with Gasteiger partial charge in [0, 0.05) is 0 Å². The van der Waals surface area contributed by atoms with E-state index in [0.29, 0.717) is 22.5 Å². The van der Waals surface area contributed by atoms with Crippen LogP contribution in [0.1, 0.15) is 16.7 Å². The molecule has 0 amide bonds. The molecule has 0 saturated heterocycles. The molecule has 0 spiro atoms. The third-order valence-corrected chi connectivity index (χ3v) is 5.28. The highest BCUT2D eigenvalue weighted by Gasteiger charge is 2.21. The van der Waals surface area contributed by atoms with Crippen molar-refractivity contribution < 1.29 is 13.6 Å². The highest BCUT2D eigenvalue weighted by atomic mass is 16.5. The van der Waals surface area contributed by atoms with Gasteiger partial charge in [0.25, 0.3) is 0 Å². The van der Waals surface area contributed by atoms with Gasteiger partial charge in [0.1, 0.15) is 12.2 Å². The Hall–Kier alpha value is -3.79. The zero-order valence-electron chi connectivity index (χ0n) is 16.8. The summed E-state index contributed by atoms with van der Waals surface area (Å²) < 4.78 is 17.8. The Morgan fingerprint density at radius 3 is 2.57 bits per heavy atom. The first-order valence-corrected chi connectivity index (χ1v) is 9.83. The molecular formula is C26H20O4. The van der Waals surface area contributed by atoms with E-state index in [0.717, 1.165) is 27.5 Å². The van der Waals surface area contributed by atoms with Crippen molar-refractivity contribution in [2.45, 2.75) is 20.5 Å². The minimum absolute atomic E-state index is 0.162. The van der Waals surface area contributed by atoms with E-state index in [9.17, 15) is 4.79 Å². The van der Waals surface area contributed by atoms with Crippen molar-refractivity contribution in [2.24, 2.45) is 0 Å². The molecule has 30 heavy (non-hydrogen) atoms. The van der Waals surface area contributed by atoms with Crippen LogP contribution >= 0.6 is 0 Å². The average molecular weight is 396 g/mol. The first kappa shape index (κ1) is 18.3. The fraction of sp³-hybridized carbons (Fsp3) is 0.115. The molecule has 3 aromatic carbocycles. The summed E-state index contributed by atoms with van der Waals surface area (Å²) in [6.45, 7) is 4.14. The lowest BCUT2D eigenvalue weighted by atomic mass is 10.1. The first-order chi connectivity index (χ1) is 14.6. The monoisotopic (exact) mass is 396 g/mol. The van der Waals surface area contributed by atoms with Crippen molar-refractivity contribution in [2.75, 3.05) is 0 Å². The van der Waals surface area contributed by atoms with Gasteiger partial charge in [-0.05, 0) is 59.5 Å². The summed E-state index contributed by atoms with van der Waals surface area (Å²) in [4.78, 5) is 13.4. The maximum atomic E-state index is 13.4. The minimum Gasteiger partial charge on any atom is -0.481 e. The molecule has 0 N–H and O–H groups in total. The number of hydrogen-bond donors (Lipinski definition) is 0. The summed E-state index contributed by atoms with van der Waals surface area (Å²) in [5, 5.41) is 2.73. The van der Waals surface area contributed by atoms with E-state index >= 15 is 0 Å². The predicted molar refractivity (Wildman–Crippen MR) is 118 cm³/mol. The number of aryl methyl sites for hydroxylation is 2. The van der Waals surface area contributed by atoms with Gasteiger partial charge in [-0.2, -0.15) is 0 Å². The molecule has 0 saturated carbocycles. The van der Waals surface area contributed by atoms with E-state index in [1.807, 2.05) is 50.2 Å². The van der Waals surface area contributed by atoms with Crippen molar-refractivity contribution in [3.63, 3.8) is 0 Å². The maximum absolute atomic E-state index is 13.4. The van der Waals surface area contributed by atoms with Crippen LogP contribution in [0, 0.1) is 13.8 Å². The Morgan fingerprint density at radius 2 is 1.73 bits per heavy atom. The smallest absolute Gasteiger partial charge is 0.235 e. The Balaban J connectivity index is 1.66. The van der Waals surface area contributed by atoms with E-state index in [1.54, 1.807) is 18.4 Å². The fourth-order valence-corrected chi connectivity index (χ4v) is 3.90. The topological polar surface area (TPSA) is 52.6 Å². The van der Waals surface area contributed by atoms with Gasteiger partial charge in [0.15, 0.2) is 5.76 Å². The zero-order valence-corrected chi connectivity index (χ0v) is 16.8. The summed E-state index contributed by atoms with van der Waals surface area (Å²) in [5.41, 5.74) is 3.25. The van der Waals surface area contributed by atoms with E-state index in [1.165, 1.54) is 0 Å². The van der Waals surface area contributed by atoms with Gasteiger partial charge in [0.2, 0.25) is 16.9 Å². The molecule has 5 aromatic rings. The second-order valence-electron chi connectivity index (χ2n) is 7.45. The zero-order chi connectivity index (χ0) is 20.7. The molecule has 2 aromatic heterocycles. The number of fused-ring (bicyclic) bond motifs is 2. The third kappa shape index (κ3) is 3.07.